The Morgan fingerprint density at radius 2 is 2.05 bits per heavy atom. The molecule has 0 spiro atoms. The van der Waals surface area contributed by atoms with Crippen LogP contribution in [0.25, 0.3) is 0 Å². The summed E-state index contributed by atoms with van der Waals surface area (Å²) in [6, 6.07) is 0. The fourth-order valence-electron chi connectivity index (χ4n) is 1.58. The van der Waals surface area contributed by atoms with Crippen molar-refractivity contribution in [2.45, 2.75) is 36.6 Å². The fourth-order valence-corrected chi connectivity index (χ4v) is 2.62. The second-order valence-electron chi connectivity index (χ2n) is 4.13. The third-order valence-electron chi connectivity index (χ3n) is 2.59. The van der Waals surface area contributed by atoms with Crippen LogP contribution in [0.1, 0.15) is 13.8 Å². The van der Waals surface area contributed by atoms with E-state index in [9.17, 15) is 9.59 Å². The number of nitrogens with one attached hydrogen (secondary N) is 1. The van der Waals surface area contributed by atoms with Crippen LogP contribution in [0.4, 0.5) is 4.79 Å². The molecule has 1 saturated heterocycles. The molecule has 11 heteroatoms. The summed E-state index contributed by atoms with van der Waals surface area (Å²) in [4.78, 5) is 22.0. The molecule has 6 nitrogen and oxygen atoms in total. The number of halogens is 3. The zero-order valence-electron chi connectivity index (χ0n) is 11.6. The number of hydrogen-bond donors (Lipinski definition) is 1. The van der Waals surface area contributed by atoms with Crippen molar-refractivity contribution in [3.05, 3.63) is 0 Å². The van der Waals surface area contributed by atoms with E-state index in [2.05, 4.69) is 10.1 Å². The van der Waals surface area contributed by atoms with Crippen molar-refractivity contribution in [2.24, 2.45) is 5.92 Å². The molecule has 0 aromatic rings. The molecule has 0 aromatic carbocycles. The van der Waals surface area contributed by atoms with Gasteiger partial charge in [-0.3, -0.25) is 4.79 Å². The first kappa shape index (κ1) is 19.9. The number of carbonyl (C=O) groups excluding carboxylic acids is 2. The summed E-state index contributed by atoms with van der Waals surface area (Å²) in [7, 11) is 0. The molecule has 0 saturated carbocycles. The first-order valence-corrected chi connectivity index (χ1v) is 8.89. The molecule has 1 aliphatic heterocycles. The molecule has 1 aliphatic rings. The van der Waals surface area contributed by atoms with Gasteiger partial charge in [0.15, 0.2) is 11.1 Å². The summed E-state index contributed by atoms with van der Waals surface area (Å²) in [5.74, 6) is -0.262. The largest absolute Gasteiger partial charge is 0.510 e. The van der Waals surface area contributed by atoms with E-state index in [4.69, 9.17) is 56.5 Å². The number of ether oxygens (including phenoxy) is 3. The third-order valence-corrected chi connectivity index (χ3v) is 4.72. The highest BCUT2D eigenvalue weighted by atomic mass is 35.5. The van der Waals surface area contributed by atoms with Gasteiger partial charge in [-0.05, 0) is 24.9 Å². The van der Waals surface area contributed by atoms with Crippen molar-refractivity contribution >= 4 is 75.2 Å². The molecule has 0 aromatic heterocycles. The lowest BCUT2D eigenvalue weighted by molar-refractivity contribution is -0.153. The maximum absolute atomic E-state index is 11.6. The van der Waals surface area contributed by atoms with Crippen molar-refractivity contribution in [3.8, 4) is 0 Å². The van der Waals surface area contributed by atoms with E-state index in [1.165, 1.54) is 18.7 Å². The van der Waals surface area contributed by atoms with Crippen LogP contribution in [-0.4, -0.2) is 44.9 Å². The van der Waals surface area contributed by atoms with Crippen molar-refractivity contribution < 1.29 is 23.8 Å². The molecule has 0 bridgehead atoms. The van der Waals surface area contributed by atoms with Gasteiger partial charge >= 0.3 is 6.16 Å². The first-order chi connectivity index (χ1) is 10.3. The predicted octanol–water partition coefficient (Wildman–Crippen LogP) is 3.02. The minimum absolute atomic E-state index is 0.306. The van der Waals surface area contributed by atoms with E-state index >= 15 is 0 Å². The normalized spacial score (nSPS) is 23.1. The maximum Gasteiger partial charge on any atom is 0.510 e. The molecule has 0 aliphatic carbocycles. The maximum atomic E-state index is 11.6. The summed E-state index contributed by atoms with van der Waals surface area (Å²) in [5, 5.41) is 2.53. The average molecular weight is 411 g/mol. The molecular formula is C11H14Cl3NO5S2. The number of carbonyl (C=O) groups is 2. The number of β-lactam (4-membered cyclic amide) rings is 1. The highest BCUT2D eigenvalue weighted by Gasteiger charge is 2.47. The lowest BCUT2D eigenvalue weighted by atomic mass is 9.93. The SMILES string of the molecule is CCSC(=S)O[C@H]1NC(=O)[C@H]1C(C)OC(=O)OC(Cl)C(Cl)Cl. The predicted molar refractivity (Wildman–Crippen MR) is 89.4 cm³/mol. The van der Waals surface area contributed by atoms with Crippen LogP contribution < -0.4 is 5.32 Å². The number of alkyl halides is 3. The van der Waals surface area contributed by atoms with E-state index in [0.717, 1.165) is 5.75 Å². The van der Waals surface area contributed by atoms with Gasteiger partial charge in [0, 0.05) is 0 Å². The Morgan fingerprint density at radius 1 is 1.41 bits per heavy atom. The minimum atomic E-state index is -1.25. The Hall–Kier alpha value is -0.150. The van der Waals surface area contributed by atoms with Crippen molar-refractivity contribution in [3.63, 3.8) is 0 Å². The minimum Gasteiger partial charge on any atom is -0.454 e. The Bertz CT molecular complexity index is 440. The molecule has 2 unspecified atom stereocenters. The first-order valence-electron chi connectivity index (χ1n) is 6.19. The van der Waals surface area contributed by atoms with E-state index in [-0.39, 0.29) is 5.91 Å². The zero-order valence-corrected chi connectivity index (χ0v) is 15.5. The van der Waals surface area contributed by atoms with Gasteiger partial charge in [-0.25, -0.2) is 4.79 Å². The van der Waals surface area contributed by atoms with Crippen LogP contribution >= 0.6 is 58.8 Å². The van der Waals surface area contributed by atoms with Gasteiger partial charge in [-0.15, -0.1) is 0 Å². The molecule has 1 N–H and O–H groups in total. The van der Waals surface area contributed by atoms with Crippen LogP contribution in [0.3, 0.4) is 0 Å². The molecule has 1 heterocycles. The Labute approximate surface area is 152 Å². The Morgan fingerprint density at radius 3 is 2.55 bits per heavy atom. The number of hydrogen-bond acceptors (Lipinski definition) is 7. The Balaban J connectivity index is 2.49. The monoisotopic (exact) mass is 409 g/mol. The van der Waals surface area contributed by atoms with E-state index < -0.39 is 34.8 Å². The smallest absolute Gasteiger partial charge is 0.454 e. The van der Waals surface area contributed by atoms with E-state index in [1.54, 1.807) is 0 Å². The molecule has 22 heavy (non-hydrogen) atoms. The van der Waals surface area contributed by atoms with Gasteiger partial charge in [0.25, 0.3) is 0 Å². The molecule has 1 rings (SSSR count). The second kappa shape index (κ2) is 9.22. The van der Waals surface area contributed by atoms with Gasteiger partial charge < -0.3 is 19.5 Å². The molecule has 4 atom stereocenters. The van der Waals surface area contributed by atoms with Gasteiger partial charge in [0.2, 0.25) is 15.9 Å². The second-order valence-corrected chi connectivity index (χ2v) is 7.59. The standard InChI is InChI=1S/C11H14Cl3NO5S2/c1-3-22-11(21)20-9-5(8(16)15-9)4(2)18-10(17)19-7(14)6(12)13/h4-7,9H,3H2,1-2H3,(H,15,16)/t4?,5-,7?,9-/m1/s1. The highest BCUT2D eigenvalue weighted by Crippen LogP contribution is 2.25. The van der Waals surface area contributed by atoms with Crippen LogP contribution in [-0.2, 0) is 19.0 Å². The molecule has 126 valence electrons. The zero-order chi connectivity index (χ0) is 16.9. The Kier molecular flexibility index (Phi) is 8.34. The summed E-state index contributed by atoms with van der Waals surface area (Å²) in [6.07, 6.45) is -2.53. The summed E-state index contributed by atoms with van der Waals surface area (Å²) in [6.45, 7) is 3.45. The molecule has 1 amide bonds. The van der Waals surface area contributed by atoms with Crippen molar-refractivity contribution in [1.29, 1.82) is 0 Å². The average Bonchev–Trinajstić information content (AvgIpc) is 2.37. The van der Waals surface area contributed by atoms with Crippen LogP contribution in [0.5, 0.6) is 0 Å². The van der Waals surface area contributed by atoms with Crippen molar-refractivity contribution in [2.75, 3.05) is 5.75 Å². The lowest BCUT2D eigenvalue weighted by Crippen LogP contribution is -2.63. The summed E-state index contributed by atoms with van der Waals surface area (Å²) < 4.78 is 15.3. The quantitative estimate of drug-likeness (QED) is 0.312. The van der Waals surface area contributed by atoms with Gasteiger partial charge in [-0.2, -0.15) is 0 Å². The number of thiocarbonyl (C=S) groups is 1. The van der Waals surface area contributed by atoms with Gasteiger partial charge in [0.05, 0.1) is 0 Å². The summed E-state index contributed by atoms with van der Waals surface area (Å²) in [5.41, 5.74) is -1.25. The van der Waals surface area contributed by atoms with Crippen LogP contribution in [0.2, 0.25) is 0 Å². The third kappa shape index (κ3) is 5.81. The lowest BCUT2D eigenvalue weighted by Gasteiger charge is -2.38. The molecule has 1 fully saturated rings. The van der Waals surface area contributed by atoms with Crippen LogP contribution in [0.15, 0.2) is 0 Å². The van der Waals surface area contributed by atoms with Gasteiger partial charge in [0.1, 0.15) is 12.0 Å². The van der Waals surface area contributed by atoms with E-state index in [0.29, 0.717) is 4.38 Å². The van der Waals surface area contributed by atoms with Gasteiger partial charge in [-0.1, -0.05) is 53.5 Å². The number of amides is 1. The fraction of sp³-hybridized carbons (Fsp3) is 0.727. The topological polar surface area (TPSA) is 73.9 Å². The number of thioether (sulfide) groups is 1. The summed E-state index contributed by atoms with van der Waals surface area (Å²) >= 11 is 22.8. The number of rotatable bonds is 6. The molecule has 0 radical (unpaired) electrons. The van der Waals surface area contributed by atoms with Crippen LogP contribution in [0, 0.1) is 5.92 Å². The molecular weight excluding hydrogens is 397 g/mol. The highest BCUT2D eigenvalue weighted by molar-refractivity contribution is 8.22. The van der Waals surface area contributed by atoms with Crippen molar-refractivity contribution in [1.82, 2.24) is 5.32 Å². The van der Waals surface area contributed by atoms with E-state index in [1.807, 2.05) is 6.92 Å².